The van der Waals surface area contributed by atoms with Gasteiger partial charge in [0.2, 0.25) is 0 Å². The fourth-order valence-corrected chi connectivity index (χ4v) is 3.97. The minimum absolute atomic E-state index is 0.121. The number of nitrogens with zero attached hydrogens (tertiary/aromatic N) is 3. The quantitative estimate of drug-likeness (QED) is 0.275. The SMILES string of the molecule is O=C(CCCc1cccnc1)c1ccc2nc(-c3ccccc3)c(-c3ccccc3)nc2c1. The number of benzene rings is 3. The molecule has 2 heterocycles. The van der Waals surface area contributed by atoms with E-state index in [0.29, 0.717) is 12.0 Å². The van der Waals surface area contributed by atoms with Crippen LogP contribution in [-0.2, 0) is 6.42 Å². The predicted molar refractivity (Wildman–Crippen MR) is 132 cm³/mol. The molecule has 5 aromatic rings. The Morgan fingerprint density at radius 2 is 1.36 bits per heavy atom. The van der Waals surface area contributed by atoms with Crippen molar-refractivity contribution in [2.45, 2.75) is 19.3 Å². The number of hydrogen-bond donors (Lipinski definition) is 0. The highest BCUT2D eigenvalue weighted by atomic mass is 16.1. The summed E-state index contributed by atoms with van der Waals surface area (Å²) in [7, 11) is 0. The van der Waals surface area contributed by atoms with E-state index in [1.807, 2.05) is 97.2 Å². The van der Waals surface area contributed by atoms with Gasteiger partial charge in [-0.15, -0.1) is 0 Å². The summed E-state index contributed by atoms with van der Waals surface area (Å²) >= 11 is 0. The van der Waals surface area contributed by atoms with Crippen LogP contribution in [0.25, 0.3) is 33.5 Å². The average molecular weight is 430 g/mol. The van der Waals surface area contributed by atoms with E-state index in [2.05, 4.69) is 4.98 Å². The highest BCUT2D eigenvalue weighted by molar-refractivity contribution is 5.99. The van der Waals surface area contributed by atoms with Gasteiger partial charge in [-0.2, -0.15) is 0 Å². The molecule has 4 heteroatoms. The van der Waals surface area contributed by atoms with Gasteiger partial charge in [0.25, 0.3) is 0 Å². The van der Waals surface area contributed by atoms with Gasteiger partial charge in [0.05, 0.1) is 22.4 Å². The molecule has 0 N–H and O–H groups in total. The maximum Gasteiger partial charge on any atom is 0.162 e. The molecule has 33 heavy (non-hydrogen) atoms. The van der Waals surface area contributed by atoms with Gasteiger partial charge < -0.3 is 0 Å². The van der Waals surface area contributed by atoms with Crippen LogP contribution in [0, 0.1) is 0 Å². The van der Waals surface area contributed by atoms with Crippen LogP contribution < -0.4 is 0 Å². The summed E-state index contributed by atoms with van der Waals surface area (Å²) < 4.78 is 0. The summed E-state index contributed by atoms with van der Waals surface area (Å²) in [6, 6.07) is 29.7. The molecular formula is C29H23N3O. The Hall–Kier alpha value is -4.18. The van der Waals surface area contributed by atoms with E-state index >= 15 is 0 Å². The maximum absolute atomic E-state index is 12.9. The normalized spacial score (nSPS) is 10.9. The summed E-state index contributed by atoms with van der Waals surface area (Å²) in [6.45, 7) is 0. The number of carbonyl (C=O) groups excluding carboxylic acids is 1. The summed E-state index contributed by atoms with van der Waals surface area (Å²) in [5.41, 5.74) is 7.00. The monoisotopic (exact) mass is 429 g/mol. The minimum Gasteiger partial charge on any atom is -0.294 e. The van der Waals surface area contributed by atoms with Gasteiger partial charge in [0, 0.05) is 35.5 Å². The van der Waals surface area contributed by atoms with Gasteiger partial charge in [-0.3, -0.25) is 9.78 Å². The van der Waals surface area contributed by atoms with Crippen molar-refractivity contribution < 1.29 is 4.79 Å². The number of pyridine rings is 1. The molecule has 0 aliphatic heterocycles. The molecule has 2 aromatic heterocycles. The first-order valence-corrected chi connectivity index (χ1v) is 11.1. The number of carbonyl (C=O) groups is 1. The van der Waals surface area contributed by atoms with Crippen LogP contribution in [0.2, 0.25) is 0 Å². The highest BCUT2D eigenvalue weighted by Gasteiger charge is 2.14. The van der Waals surface area contributed by atoms with E-state index in [0.717, 1.165) is 52.0 Å². The molecule has 3 aromatic carbocycles. The Kier molecular flexibility index (Phi) is 5.98. The third-order valence-electron chi connectivity index (χ3n) is 5.67. The molecule has 0 fully saturated rings. The van der Waals surface area contributed by atoms with Crippen LogP contribution in [-0.4, -0.2) is 20.7 Å². The zero-order chi connectivity index (χ0) is 22.5. The Bertz CT molecular complexity index is 1380. The lowest BCUT2D eigenvalue weighted by Gasteiger charge is -2.11. The van der Waals surface area contributed by atoms with Crippen LogP contribution in [0.15, 0.2) is 103 Å². The Balaban J connectivity index is 1.47. The van der Waals surface area contributed by atoms with Crippen LogP contribution in [0.5, 0.6) is 0 Å². The minimum atomic E-state index is 0.121. The first-order valence-electron chi connectivity index (χ1n) is 11.1. The maximum atomic E-state index is 12.9. The van der Waals surface area contributed by atoms with E-state index in [1.165, 1.54) is 0 Å². The Morgan fingerprint density at radius 3 is 2.00 bits per heavy atom. The van der Waals surface area contributed by atoms with E-state index in [1.54, 1.807) is 6.20 Å². The van der Waals surface area contributed by atoms with Crippen molar-refractivity contribution in [2.24, 2.45) is 0 Å². The smallest absolute Gasteiger partial charge is 0.162 e. The van der Waals surface area contributed by atoms with Gasteiger partial charge in [0.15, 0.2) is 5.78 Å². The number of aromatic nitrogens is 3. The second-order valence-electron chi connectivity index (χ2n) is 7.99. The van der Waals surface area contributed by atoms with Crippen molar-refractivity contribution in [3.05, 3.63) is 115 Å². The Morgan fingerprint density at radius 1 is 0.697 bits per heavy atom. The van der Waals surface area contributed by atoms with Crippen molar-refractivity contribution >= 4 is 16.8 Å². The second-order valence-corrected chi connectivity index (χ2v) is 7.99. The molecule has 4 nitrogen and oxygen atoms in total. The van der Waals surface area contributed by atoms with Crippen LogP contribution >= 0.6 is 0 Å². The lowest BCUT2D eigenvalue weighted by atomic mass is 10.0. The van der Waals surface area contributed by atoms with Gasteiger partial charge >= 0.3 is 0 Å². The van der Waals surface area contributed by atoms with Gasteiger partial charge in [-0.1, -0.05) is 66.7 Å². The van der Waals surface area contributed by atoms with Crippen molar-refractivity contribution in [3.63, 3.8) is 0 Å². The van der Waals surface area contributed by atoms with E-state index < -0.39 is 0 Å². The van der Waals surface area contributed by atoms with Gasteiger partial charge in [-0.25, -0.2) is 9.97 Å². The summed E-state index contributed by atoms with van der Waals surface area (Å²) in [5.74, 6) is 0.121. The van der Waals surface area contributed by atoms with Crippen molar-refractivity contribution in [3.8, 4) is 22.5 Å². The average Bonchev–Trinajstić information content (AvgIpc) is 2.89. The van der Waals surface area contributed by atoms with Crippen molar-refractivity contribution in [1.82, 2.24) is 15.0 Å². The molecule has 0 unspecified atom stereocenters. The standard InChI is InChI=1S/C29H23N3O/c33-27(15-7-9-21-10-8-18-30-20-21)24-16-17-25-26(19-24)32-29(23-13-5-2-6-14-23)28(31-25)22-11-3-1-4-12-22/h1-6,8,10-14,16-20H,7,9,15H2. The third-order valence-corrected chi connectivity index (χ3v) is 5.67. The molecule has 0 aliphatic carbocycles. The van der Waals surface area contributed by atoms with Gasteiger partial charge in [0.1, 0.15) is 0 Å². The molecule has 160 valence electrons. The number of ketones is 1. The zero-order valence-corrected chi connectivity index (χ0v) is 18.2. The third kappa shape index (κ3) is 4.70. The van der Waals surface area contributed by atoms with Crippen LogP contribution in [0.4, 0.5) is 0 Å². The van der Waals surface area contributed by atoms with E-state index in [4.69, 9.17) is 9.97 Å². The highest BCUT2D eigenvalue weighted by Crippen LogP contribution is 2.31. The first kappa shape index (κ1) is 20.7. The largest absolute Gasteiger partial charge is 0.294 e. The van der Waals surface area contributed by atoms with Crippen molar-refractivity contribution in [1.29, 1.82) is 0 Å². The first-order chi connectivity index (χ1) is 16.3. The van der Waals surface area contributed by atoms with Crippen LogP contribution in [0.3, 0.4) is 0 Å². The molecule has 0 saturated heterocycles. The molecule has 0 atom stereocenters. The number of aryl methyl sites for hydroxylation is 1. The molecule has 0 saturated carbocycles. The predicted octanol–water partition coefficient (Wildman–Crippen LogP) is 6.56. The van der Waals surface area contributed by atoms with Gasteiger partial charge in [-0.05, 0) is 42.7 Å². The summed E-state index contributed by atoms with van der Waals surface area (Å²) in [6.07, 6.45) is 5.73. The number of hydrogen-bond acceptors (Lipinski definition) is 4. The van der Waals surface area contributed by atoms with Crippen LogP contribution in [0.1, 0.15) is 28.8 Å². The zero-order valence-electron chi connectivity index (χ0n) is 18.2. The number of rotatable bonds is 7. The molecule has 0 amide bonds. The lowest BCUT2D eigenvalue weighted by Crippen LogP contribution is -2.02. The molecular weight excluding hydrogens is 406 g/mol. The Labute approximate surface area is 193 Å². The molecule has 0 bridgehead atoms. The topological polar surface area (TPSA) is 55.7 Å². The molecule has 0 aliphatic rings. The lowest BCUT2D eigenvalue weighted by molar-refractivity contribution is 0.0980. The second kappa shape index (κ2) is 9.53. The number of fused-ring (bicyclic) bond motifs is 1. The van der Waals surface area contributed by atoms with E-state index in [-0.39, 0.29) is 5.78 Å². The molecule has 5 rings (SSSR count). The van der Waals surface area contributed by atoms with E-state index in [9.17, 15) is 4.79 Å². The summed E-state index contributed by atoms with van der Waals surface area (Å²) in [5, 5.41) is 0. The fourth-order valence-electron chi connectivity index (χ4n) is 3.97. The van der Waals surface area contributed by atoms with Crippen molar-refractivity contribution in [2.75, 3.05) is 0 Å². The molecule has 0 radical (unpaired) electrons. The fraction of sp³-hybridized carbons (Fsp3) is 0.103. The summed E-state index contributed by atoms with van der Waals surface area (Å²) in [4.78, 5) is 26.9. The molecule has 0 spiro atoms. The number of Topliss-reactive ketones (excluding diaryl/α,β-unsaturated/α-hetero) is 1.